The van der Waals surface area contributed by atoms with Gasteiger partial charge >= 0.3 is 0 Å². The molecule has 0 saturated carbocycles. The highest BCUT2D eigenvalue weighted by Gasteiger charge is 2.35. The number of carbonyl (C=O) groups is 1. The summed E-state index contributed by atoms with van der Waals surface area (Å²) in [6, 6.07) is -0.0457. The maximum atomic E-state index is 12.6. The molecule has 6 heteroatoms. The van der Waals surface area contributed by atoms with Crippen LogP contribution in [0.15, 0.2) is 17.5 Å². The minimum Gasteiger partial charge on any atom is -0.368 e. The second-order valence-corrected chi connectivity index (χ2v) is 7.13. The molecule has 1 aromatic rings. The monoisotopic (exact) mass is 304 g/mol. The smallest absolute Gasteiger partial charge is 0.247 e. The molecule has 6 nitrogen and oxygen atoms in total. The Kier molecular flexibility index (Phi) is 4.04. The van der Waals surface area contributed by atoms with E-state index in [1.54, 1.807) is 0 Å². The molecule has 0 bridgehead atoms. The third-order valence-electron chi connectivity index (χ3n) is 4.70. The van der Waals surface area contributed by atoms with E-state index < -0.39 is 0 Å². The number of aromatic amines is 1. The number of H-pyrrole nitrogens is 1. The first-order valence-electron chi connectivity index (χ1n) is 7.93. The number of hydrogen-bond donors (Lipinski definition) is 2. The Bertz CT molecular complexity index is 577. The third-order valence-corrected chi connectivity index (χ3v) is 4.70. The molecule has 2 heterocycles. The van der Waals surface area contributed by atoms with Crippen molar-refractivity contribution in [1.29, 1.82) is 0 Å². The summed E-state index contributed by atoms with van der Waals surface area (Å²) in [5.74, 6) is 0.728. The van der Waals surface area contributed by atoms with Gasteiger partial charge in [0.15, 0.2) is 5.82 Å². The Labute approximate surface area is 130 Å². The fourth-order valence-electron chi connectivity index (χ4n) is 3.51. The molecule has 1 amide bonds. The van der Waals surface area contributed by atoms with E-state index in [-0.39, 0.29) is 18.1 Å². The largest absolute Gasteiger partial charge is 0.368 e. The quantitative estimate of drug-likeness (QED) is 0.898. The van der Waals surface area contributed by atoms with Crippen LogP contribution in [0.3, 0.4) is 0 Å². The second kappa shape index (κ2) is 5.83. The molecule has 2 N–H and O–H groups in total. The topological polar surface area (TPSA) is 79.9 Å². The van der Waals surface area contributed by atoms with Crippen molar-refractivity contribution in [3.05, 3.63) is 23.3 Å². The van der Waals surface area contributed by atoms with Gasteiger partial charge in [-0.3, -0.25) is 9.89 Å². The van der Waals surface area contributed by atoms with Crippen LogP contribution in [0, 0.1) is 5.41 Å². The van der Waals surface area contributed by atoms with Crippen LogP contribution >= 0.6 is 0 Å². The molecular weight excluding hydrogens is 280 g/mol. The van der Waals surface area contributed by atoms with E-state index in [0.29, 0.717) is 17.8 Å². The Morgan fingerprint density at radius 1 is 1.50 bits per heavy atom. The van der Waals surface area contributed by atoms with Gasteiger partial charge in [-0.2, -0.15) is 5.10 Å². The van der Waals surface area contributed by atoms with Crippen LogP contribution in [0.5, 0.6) is 0 Å². The first-order valence-corrected chi connectivity index (χ1v) is 7.93. The lowest BCUT2D eigenvalue weighted by Crippen LogP contribution is -2.39. The number of rotatable bonds is 3. The number of aromatic nitrogens is 3. The van der Waals surface area contributed by atoms with Crippen LogP contribution in [-0.2, 0) is 9.53 Å². The molecule has 1 fully saturated rings. The average Bonchev–Trinajstić information content (AvgIpc) is 3.07. The van der Waals surface area contributed by atoms with Crippen molar-refractivity contribution in [2.24, 2.45) is 5.41 Å². The van der Waals surface area contributed by atoms with E-state index in [2.05, 4.69) is 41.3 Å². The molecule has 0 unspecified atom stereocenters. The molecule has 22 heavy (non-hydrogen) atoms. The molecule has 1 saturated heterocycles. The van der Waals surface area contributed by atoms with E-state index >= 15 is 0 Å². The van der Waals surface area contributed by atoms with Gasteiger partial charge in [-0.05, 0) is 38.0 Å². The van der Waals surface area contributed by atoms with E-state index in [4.69, 9.17) is 4.74 Å². The van der Waals surface area contributed by atoms with Gasteiger partial charge in [0.05, 0.1) is 6.04 Å². The van der Waals surface area contributed by atoms with E-state index in [1.165, 1.54) is 11.9 Å². The molecule has 3 rings (SSSR count). The summed E-state index contributed by atoms with van der Waals surface area (Å²) in [5.41, 5.74) is 2.46. The summed E-state index contributed by atoms with van der Waals surface area (Å²) >= 11 is 0. The van der Waals surface area contributed by atoms with Crippen molar-refractivity contribution >= 4 is 5.91 Å². The maximum absolute atomic E-state index is 12.6. The molecule has 1 aliphatic carbocycles. The summed E-state index contributed by atoms with van der Waals surface area (Å²) in [5, 5.41) is 9.83. The van der Waals surface area contributed by atoms with Crippen molar-refractivity contribution in [2.75, 3.05) is 6.61 Å². The van der Waals surface area contributed by atoms with Crippen molar-refractivity contribution in [1.82, 2.24) is 20.5 Å². The van der Waals surface area contributed by atoms with Crippen LogP contribution < -0.4 is 5.32 Å². The zero-order valence-corrected chi connectivity index (χ0v) is 13.5. The van der Waals surface area contributed by atoms with Gasteiger partial charge in [-0.1, -0.05) is 19.4 Å². The molecule has 2 atom stereocenters. The Hall–Kier alpha value is -1.69. The minimum atomic E-state index is -0.229. The highest BCUT2D eigenvalue weighted by Crippen LogP contribution is 2.38. The molecule has 0 aromatic carbocycles. The van der Waals surface area contributed by atoms with Crippen molar-refractivity contribution < 1.29 is 9.53 Å². The lowest BCUT2D eigenvalue weighted by molar-refractivity contribution is -0.119. The van der Waals surface area contributed by atoms with Crippen molar-refractivity contribution in [3.8, 4) is 0 Å². The lowest BCUT2D eigenvalue weighted by Gasteiger charge is -2.32. The molecule has 1 aliphatic heterocycles. The van der Waals surface area contributed by atoms with Crippen LogP contribution in [0.1, 0.15) is 58.4 Å². The maximum Gasteiger partial charge on any atom is 0.247 e. The number of nitrogens with one attached hydrogen (secondary N) is 2. The number of allylic oxidation sites excluding steroid dienone is 1. The Balaban J connectivity index is 1.69. The Morgan fingerprint density at radius 2 is 2.32 bits per heavy atom. The second-order valence-electron chi connectivity index (χ2n) is 7.13. The van der Waals surface area contributed by atoms with Gasteiger partial charge in [-0.15, -0.1) is 0 Å². The SMILES string of the molecule is CC1=C(C(=O)N[C@H]2CCO[C@H]2c2ncn[nH]2)CCC(C)(C)C1. The molecule has 0 spiro atoms. The molecule has 1 aromatic heterocycles. The molecule has 120 valence electrons. The highest BCUT2D eigenvalue weighted by atomic mass is 16.5. The van der Waals surface area contributed by atoms with Crippen molar-refractivity contribution in [2.45, 2.75) is 58.6 Å². The standard InChI is InChI=1S/C16H24N4O2/c1-10-8-16(2,3)6-4-11(10)15(21)19-12-5-7-22-13(12)14-17-9-18-20-14/h9,12-13H,4-8H2,1-3H3,(H,19,21)(H,17,18,20)/t12-,13+/m0/s1. The lowest BCUT2D eigenvalue weighted by atomic mass is 9.74. The third kappa shape index (κ3) is 3.06. The first kappa shape index (κ1) is 15.2. The first-order chi connectivity index (χ1) is 10.5. The van der Waals surface area contributed by atoms with Crippen LogP contribution in [-0.4, -0.2) is 33.7 Å². The van der Waals surface area contributed by atoms with Crippen LogP contribution in [0.25, 0.3) is 0 Å². The van der Waals surface area contributed by atoms with Crippen LogP contribution in [0.4, 0.5) is 0 Å². The molecule has 2 aliphatic rings. The number of ether oxygens (including phenoxy) is 1. The highest BCUT2D eigenvalue weighted by molar-refractivity contribution is 5.94. The number of carbonyl (C=O) groups excluding carboxylic acids is 1. The number of hydrogen-bond acceptors (Lipinski definition) is 4. The fraction of sp³-hybridized carbons (Fsp3) is 0.688. The van der Waals surface area contributed by atoms with E-state index in [9.17, 15) is 4.79 Å². The van der Waals surface area contributed by atoms with E-state index in [0.717, 1.165) is 31.3 Å². The number of amides is 1. The fourth-order valence-corrected chi connectivity index (χ4v) is 3.51. The van der Waals surface area contributed by atoms with Gasteiger partial charge in [0.1, 0.15) is 12.4 Å². The summed E-state index contributed by atoms with van der Waals surface area (Å²) in [6.45, 7) is 7.22. The van der Waals surface area contributed by atoms with Crippen molar-refractivity contribution in [3.63, 3.8) is 0 Å². The zero-order valence-electron chi connectivity index (χ0n) is 13.5. The molecular formula is C16H24N4O2. The van der Waals surface area contributed by atoms with Crippen LogP contribution in [0.2, 0.25) is 0 Å². The average molecular weight is 304 g/mol. The summed E-state index contributed by atoms with van der Waals surface area (Å²) in [4.78, 5) is 16.8. The predicted molar refractivity (Wildman–Crippen MR) is 82.0 cm³/mol. The van der Waals surface area contributed by atoms with Gasteiger partial charge in [0.25, 0.3) is 0 Å². The Morgan fingerprint density at radius 3 is 3.00 bits per heavy atom. The van der Waals surface area contributed by atoms with Gasteiger partial charge in [0.2, 0.25) is 5.91 Å². The minimum absolute atomic E-state index is 0.0457. The summed E-state index contributed by atoms with van der Waals surface area (Å²) < 4.78 is 5.69. The number of nitrogens with zero attached hydrogens (tertiary/aromatic N) is 2. The van der Waals surface area contributed by atoms with Gasteiger partial charge < -0.3 is 10.1 Å². The molecule has 0 radical (unpaired) electrons. The van der Waals surface area contributed by atoms with Gasteiger partial charge in [-0.25, -0.2) is 4.98 Å². The normalized spacial score (nSPS) is 28.0. The summed E-state index contributed by atoms with van der Waals surface area (Å²) in [6.07, 6.45) is 4.93. The summed E-state index contributed by atoms with van der Waals surface area (Å²) in [7, 11) is 0. The zero-order chi connectivity index (χ0) is 15.7. The predicted octanol–water partition coefficient (Wildman–Crippen LogP) is 2.28. The van der Waals surface area contributed by atoms with Gasteiger partial charge in [0, 0.05) is 12.2 Å². The van der Waals surface area contributed by atoms with E-state index in [1.807, 2.05) is 0 Å².